The summed E-state index contributed by atoms with van der Waals surface area (Å²) in [5.74, 6) is 0.152. The summed E-state index contributed by atoms with van der Waals surface area (Å²) in [6.45, 7) is 26.0. The van der Waals surface area contributed by atoms with Crippen molar-refractivity contribution in [3.8, 4) is 0 Å². The highest BCUT2D eigenvalue weighted by atomic mass is 35.5. The third-order valence-electron chi connectivity index (χ3n) is 15.8. The Morgan fingerprint density at radius 2 is 1.67 bits per heavy atom. The topological polar surface area (TPSA) is 126 Å². The molecule has 54 heavy (non-hydrogen) atoms. The average Bonchev–Trinajstić information content (AvgIpc) is 3.38. The SMILES string of the molecule is CCC1(C(O)CNC(C)(C)c2ccc(Cl)cn2)CC(=O)C(C(C)C)=C1C1CCC2C(C)(CCC3C(C)(C)C(OC(=O)CC(C)(C)C(=O)O)CCC32C)C1C. The van der Waals surface area contributed by atoms with Crippen LogP contribution in [-0.2, 0) is 24.7 Å². The number of allylic oxidation sites excluding steroid dienone is 1. The molecule has 1 heterocycles. The number of esters is 1. The first kappa shape index (κ1) is 42.8. The standard InChI is InChI=1S/C45H69ClN2O6/c1-13-45(34(50)25-48-42(9,10)33-17-14-28(46)24-47-33)22-30(49)37(26(2)3)38(45)29-15-16-32-43(11,27(29)4)20-18-31-41(7,8)35(19-21-44(31,32)12)54-36(51)23-40(5,6)39(52)53/h14,17,24,26-27,29,31-32,34-35,48,50H,13,15-16,18-23,25H2,1-12H3,(H,52,53). The van der Waals surface area contributed by atoms with Gasteiger partial charge in [0.15, 0.2) is 5.78 Å². The molecule has 3 saturated carbocycles. The lowest BCUT2D eigenvalue weighted by atomic mass is 9.38. The highest BCUT2D eigenvalue weighted by Crippen LogP contribution is 2.71. The number of nitrogens with one attached hydrogen (secondary N) is 1. The van der Waals surface area contributed by atoms with Crippen LogP contribution in [0.4, 0.5) is 0 Å². The molecule has 4 aliphatic carbocycles. The van der Waals surface area contributed by atoms with Gasteiger partial charge in [0.2, 0.25) is 0 Å². The van der Waals surface area contributed by atoms with Crippen LogP contribution in [0.2, 0.25) is 5.02 Å². The second-order valence-corrected chi connectivity index (χ2v) is 20.7. The van der Waals surface area contributed by atoms with E-state index in [-0.39, 0.29) is 46.4 Å². The molecular weight excluding hydrogens is 700 g/mol. The second kappa shape index (κ2) is 14.9. The van der Waals surface area contributed by atoms with E-state index >= 15 is 0 Å². The summed E-state index contributed by atoms with van der Waals surface area (Å²) in [6, 6.07) is 3.75. The van der Waals surface area contributed by atoms with Gasteiger partial charge in [-0.05, 0) is 131 Å². The van der Waals surface area contributed by atoms with Gasteiger partial charge in [0, 0.05) is 30.0 Å². The fourth-order valence-electron chi connectivity index (χ4n) is 12.4. The molecular formula is C45H69ClN2O6. The second-order valence-electron chi connectivity index (χ2n) is 20.3. The first-order valence-corrected chi connectivity index (χ1v) is 21.0. The number of hydrogen-bond acceptors (Lipinski definition) is 7. The van der Waals surface area contributed by atoms with Crippen LogP contribution < -0.4 is 5.32 Å². The molecule has 9 unspecified atom stereocenters. The molecule has 3 N–H and O–H groups in total. The molecule has 5 rings (SSSR count). The molecule has 4 aliphatic rings. The number of carboxylic acid groups (broad SMARTS) is 1. The number of ether oxygens (including phenoxy) is 1. The normalized spacial score (nSPS) is 34.7. The van der Waals surface area contributed by atoms with Crippen LogP contribution in [0.15, 0.2) is 29.5 Å². The van der Waals surface area contributed by atoms with Crippen molar-refractivity contribution in [1.82, 2.24) is 10.3 Å². The van der Waals surface area contributed by atoms with Crippen LogP contribution in [0.5, 0.6) is 0 Å². The number of pyridine rings is 1. The van der Waals surface area contributed by atoms with E-state index in [1.54, 1.807) is 20.0 Å². The highest BCUT2D eigenvalue weighted by Gasteiger charge is 2.65. The highest BCUT2D eigenvalue weighted by molar-refractivity contribution is 6.30. The average molecular weight is 770 g/mol. The molecule has 0 amide bonds. The Hall–Kier alpha value is -2.29. The molecule has 9 heteroatoms. The monoisotopic (exact) mass is 768 g/mol. The molecule has 0 spiro atoms. The molecule has 1 aromatic rings. The van der Waals surface area contributed by atoms with Gasteiger partial charge < -0.3 is 20.3 Å². The number of hydrogen-bond donors (Lipinski definition) is 3. The van der Waals surface area contributed by atoms with Gasteiger partial charge in [0.25, 0.3) is 0 Å². The lowest BCUT2D eigenvalue weighted by molar-refractivity contribution is -0.210. The Balaban J connectivity index is 1.41. The van der Waals surface area contributed by atoms with Gasteiger partial charge >= 0.3 is 11.9 Å². The van der Waals surface area contributed by atoms with Crippen LogP contribution >= 0.6 is 11.6 Å². The summed E-state index contributed by atoms with van der Waals surface area (Å²) < 4.78 is 6.15. The summed E-state index contributed by atoms with van der Waals surface area (Å²) in [5.41, 5.74) is 0.505. The molecule has 9 atom stereocenters. The molecule has 0 aliphatic heterocycles. The van der Waals surface area contributed by atoms with Crippen molar-refractivity contribution < 1.29 is 29.3 Å². The number of fused-ring (bicyclic) bond motifs is 3. The fraction of sp³-hybridized carbons (Fsp3) is 0.778. The number of aliphatic carboxylic acids is 1. The van der Waals surface area contributed by atoms with E-state index in [0.29, 0.717) is 42.2 Å². The number of halogens is 1. The summed E-state index contributed by atoms with van der Waals surface area (Å²) in [4.78, 5) is 43.5. The Bertz CT molecular complexity index is 1630. The molecule has 0 bridgehead atoms. The Morgan fingerprint density at radius 3 is 2.24 bits per heavy atom. The minimum absolute atomic E-state index is 0.0327. The van der Waals surface area contributed by atoms with Crippen LogP contribution in [0.3, 0.4) is 0 Å². The molecule has 302 valence electrons. The van der Waals surface area contributed by atoms with Gasteiger partial charge in [0.05, 0.1) is 34.2 Å². The van der Waals surface area contributed by atoms with Crippen molar-refractivity contribution in [2.75, 3.05) is 6.54 Å². The minimum atomic E-state index is -1.17. The maximum Gasteiger partial charge on any atom is 0.309 e. The predicted molar refractivity (Wildman–Crippen MR) is 214 cm³/mol. The Kier molecular flexibility index (Phi) is 11.8. The number of aliphatic hydroxyl groups is 1. The van der Waals surface area contributed by atoms with Gasteiger partial charge in [-0.1, -0.05) is 72.6 Å². The number of ketones is 1. The van der Waals surface area contributed by atoms with Crippen molar-refractivity contribution in [3.63, 3.8) is 0 Å². The number of carbonyl (C=O) groups excluding carboxylic acids is 2. The van der Waals surface area contributed by atoms with Gasteiger partial charge in [-0.2, -0.15) is 0 Å². The van der Waals surface area contributed by atoms with Gasteiger partial charge in [-0.3, -0.25) is 19.4 Å². The largest absolute Gasteiger partial charge is 0.481 e. The quantitative estimate of drug-likeness (QED) is 0.180. The first-order chi connectivity index (χ1) is 24.9. The van der Waals surface area contributed by atoms with E-state index in [9.17, 15) is 24.6 Å². The number of nitrogens with zero attached hydrogens (tertiary/aromatic N) is 1. The molecule has 3 fully saturated rings. The van der Waals surface area contributed by atoms with E-state index < -0.39 is 34.4 Å². The predicted octanol–water partition coefficient (Wildman–Crippen LogP) is 9.56. The number of rotatable bonds is 12. The number of carbonyl (C=O) groups is 3. The molecule has 1 aromatic heterocycles. The molecule has 0 radical (unpaired) electrons. The van der Waals surface area contributed by atoms with Crippen LogP contribution in [0, 0.1) is 56.7 Å². The van der Waals surface area contributed by atoms with Crippen molar-refractivity contribution >= 4 is 29.3 Å². The zero-order valence-corrected chi connectivity index (χ0v) is 36.0. The van der Waals surface area contributed by atoms with E-state index in [0.717, 1.165) is 49.8 Å². The fourth-order valence-corrected chi connectivity index (χ4v) is 12.5. The third kappa shape index (κ3) is 7.23. The van der Waals surface area contributed by atoms with Gasteiger partial charge in [-0.25, -0.2) is 0 Å². The summed E-state index contributed by atoms with van der Waals surface area (Å²) >= 11 is 6.13. The van der Waals surface area contributed by atoms with E-state index in [4.69, 9.17) is 16.3 Å². The third-order valence-corrected chi connectivity index (χ3v) is 16.0. The zero-order valence-electron chi connectivity index (χ0n) is 35.2. The van der Waals surface area contributed by atoms with Crippen LogP contribution in [-0.4, -0.2) is 51.7 Å². The van der Waals surface area contributed by atoms with E-state index in [1.807, 2.05) is 12.1 Å². The summed E-state index contributed by atoms with van der Waals surface area (Å²) in [5, 5.41) is 26.1. The van der Waals surface area contributed by atoms with Gasteiger partial charge in [0.1, 0.15) is 6.10 Å². The summed E-state index contributed by atoms with van der Waals surface area (Å²) in [7, 11) is 0. The van der Waals surface area contributed by atoms with Crippen molar-refractivity contribution in [2.24, 2.45) is 56.7 Å². The Morgan fingerprint density at radius 1 is 1.02 bits per heavy atom. The maximum atomic E-state index is 14.1. The maximum absolute atomic E-state index is 14.1. The number of Topliss-reactive ketones (excluding diaryl/α,β-unsaturated/α-hetero) is 1. The zero-order chi connectivity index (χ0) is 40.4. The lowest BCUT2D eigenvalue weighted by Crippen LogP contribution is -2.62. The summed E-state index contributed by atoms with van der Waals surface area (Å²) in [6.07, 6.45) is 7.36. The molecule has 8 nitrogen and oxygen atoms in total. The van der Waals surface area contributed by atoms with Crippen molar-refractivity contribution in [3.05, 3.63) is 40.2 Å². The number of aliphatic hydroxyl groups excluding tert-OH is 1. The minimum Gasteiger partial charge on any atom is -0.481 e. The number of aromatic nitrogens is 1. The van der Waals surface area contributed by atoms with E-state index in [2.05, 4.69) is 79.5 Å². The number of carboxylic acids is 1. The van der Waals surface area contributed by atoms with E-state index in [1.165, 1.54) is 5.57 Å². The van der Waals surface area contributed by atoms with Gasteiger partial charge in [-0.15, -0.1) is 0 Å². The lowest BCUT2D eigenvalue weighted by Gasteiger charge is -2.67. The first-order valence-electron chi connectivity index (χ1n) is 20.6. The van der Waals surface area contributed by atoms with Crippen molar-refractivity contribution in [2.45, 2.75) is 159 Å². The molecule has 0 saturated heterocycles. The Labute approximate surface area is 330 Å². The van der Waals surface area contributed by atoms with Crippen molar-refractivity contribution in [1.29, 1.82) is 0 Å². The van der Waals surface area contributed by atoms with Crippen LogP contribution in [0.1, 0.15) is 147 Å². The smallest absolute Gasteiger partial charge is 0.309 e. The van der Waals surface area contributed by atoms with Crippen LogP contribution in [0.25, 0.3) is 0 Å². The molecule has 0 aromatic carbocycles.